The third-order valence-corrected chi connectivity index (χ3v) is 2.81. The van der Waals surface area contributed by atoms with Gasteiger partial charge in [-0.25, -0.2) is 4.98 Å². The summed E-state index contributed by atoms with van der Waals surface area (Å²) in [6.45, 7) is 0.537. The minimum atomic E-state index is 0.537. The van der Waals surface area contributed by atoms with Gasteiger partial charge in [0, 0.05) is 25.5 Å². The van der Waals surface area contributed by atoms with Crippen LogP contribution < -0.4 is 10.6 Å². The minimum Gasteiger partial charge on any atom is -0.329 e. The van der Waals surface area contributed by atoms with Crippen molar-refractivity contribution in [3.05, 3.63) is 53.2 Å². The number of hydrogen-bond donors (Lipinski definition) is 1. The molecular weight excluding hydrogens is 234 g/mol. The first-order chi connectivity index (χ1) is 8.20. The van der Waals surface area contributed by atoms with E-state index in [1.807, 2.05) is 42.3 Å². The van der Waals surface area contributed by atoms with Gasteiger partial charge in [0.1, 0.15) is 5.82 Å². The summed E-state index contributed by atoms with van der Waals surface area (Å²) < 4.78 is 0. The molecule has 1 aromatic carbocycles. The summed E-state index contributed by atoms with van der Waals surface area (Å²) in [5, 5.41) is 0.637. The van der Waals surface area contributed by atoms with Gasteiger partial charge in [0.25, 0.3) is 0 Å². The predicted molar refractivity (Wildman–Crippen MR) is 71.6 cm³/mol. The highest BCUT2D eigenvalue weighted by molar-refractivity contribution is 6.30. The molecule has 0 spiro atoms. The molecule has 1 heterocycles. The predicted octanol–water partition coefficient (Wildman–Crippen LogP) is 2.96. The molecule has 3 nitrogen and oxygen atoms in total. The van der Waals surface area contributed by atoms with Gasteiger partial charge in [-0.3, -0.25) is 0 Å². The molecular formula is C13H14ClN3. The van der Waals surface area contributed by atoms with E-state index in [-0.39, 0.29) is 0 Å². The third-order valence-electron chi connectivity index (χ3n) is 2.59. The van der Waals surface area contributed by atoms with Crippen LogP contribution in [0, 0.1) is 0 Å². The average Bonchev–Trinajstić information content (AvgIpc) is 2.39. The summed E-state index contributed by atoms with van der Waals surface area (Å²) in [4.78, 5) is 6.27. The van der Waals surface area contributed by atoms with Crippen molar-refractivity contribution < 1.29 is 0 Å². The Morgan fingerprint density at radius 1 is 1.29 bits per heavy atom. The second-order valence-electron chi connectivity index (χ2n) is 3.77. The number of nitrogens with two attached hydrogens (primary N) is 1. The molecule has 1 aromatic heterocycles. The zero-order valence-electron chi connectivity index (χ0n) is 9.60. The molecule has 0 saturated heterocycles. The van der Waals surface area contributed by atoms with Gasteiger partial charge in [0.2, 0.25) is 0 Å². The smallest absolute Gasteiger partial charge is 0.132 e. The largest absolute Gasteiger partial charge is 0.329 e. The fourth-order valence-corrected chi connectivity index (χ4v) is 1.70. The number of aromatic nitrogens is 1. The van der Waals surface area contributed by atoms with Crippen LogP contribution in [0.5, 0.6) is 0 Å². The van der Waals surface area contributed by atoms with Gasteiger partial charge in [0.15, 0.2) is 0 Å². The van der Waals surface area contributed by atoms with E-state index in [0.717, 1.165) is 17.1 Å². The molecule has 0 atom stereocenters. The van der Waals surface area contributed by atoms with Gasteiger partial charge in [-0.2, -0.15) is 0 Å². The summed E-state index contributed by atoms with van der Waals surface area (Å²) in [5.74, 6) is 0.851. The van der Waals surface area contributed by atoms with Crippen molar-refractivity contribution in [2.24, 2.45) is 5.73 Å². The number of benzene rings is 1. The van der Waals surface area contributed by atoms with Crippen molar-refractivity contribution in [3.8, 4) is 0 Å². The summed E-state index contributed by atoms with van der Waals surface area (Å²) in [5.41, 5.74) is 7.78. The fraction of sp³-hybridized carbons (Fsp3) is 0.154. The van der Waals surface area contributed by atoms with Crippen molar-refractivity contribution in [1.29, 1.82) is 0 Å². The lowest BCUT2D eigenvalue weighted by Gasteiger charge is -2.18. The molecule has 2 rings (SSSR count). The lowest BCUT2D eigenvalue weighted by atomic mass is 10.2. The summed E-state index contributed by atoms with van der Waals surface area (Å²) in [7, 11) is 1.96. The van der Waals surface area contributed by atoms with Crippen LogP contribution in [-0.4, -0.2) is 12.0 Å². The highest BCUT2D eigenvalue weighted by atomic mass is 35.5. The van der Waals surface area contributed by atoms with Gasteiger partial charge in [-0.1, -0.05) is 23.7 Å². The van der Waals surface area contributed by atoms with Crippen molar-refractivity contribution in [3.63, 3.8) is 0 Å². The van der Waals surface area contributed by atoms with E-state index in [1.54, 1.807) is 6.20 Å². The topological polar surface area (TPSA) is 42.1 Å². The van der Waals surface area contributed by atoms with Gasteiger partial charge >= 0.3 is 0 Å². The van der Waals surface area contributed by atoms with Crippen molar-refractivity contribution >= 4 is 23.1 Å². The maximum absolute atomic E-state index is 5.81. The number of pyridine rings is 1. The molecule has 88 valence electrons. The molecule has 0 aliphatic heterocycles. The van der Waals surface area contributed by atoms with Gasteiger partial charge in [-0.05, 0) is 29.8 Å². The summed E-state index contributed by atoms with van der Waals surface area (Å²) >= 11 is 5.81. The maximum Gasteiger partial charge on any atom is 0.132 e. The Labute approximate surface area is 106 Å². The van der Waals surface area contributed by atoms with Crippen molar-refractivity contribution in [1.82, 2.24) is 4.98 Å². The van der Waals surface area contributed by atoms with E-state index in [9.17, 15) is 0 Å². The maximum atomic E-state index is 5.81. The fourth-order valence-electron chi connectivity index (χ4n) is 1.59. The van der Waals surface area contributed by atoms with Crippen LogP contribution in [0.2, 0.25) is 5.02 Å². The van der Waals surface area contributed by atoms with E-state index in [4.69, 9.17) is 17.3 Å². The molecule has 0 saturated carbocycles. The number of anilines is 2. The number of hydrogen-bond acceptors (Lipinski definition) is 3. The molecule has 2 N–H and O–H groups in total. The Hall–Kier alpha value is -1.58. The molecule has 0 aliphatic rings. The number of halogens is 1. The van der Waals surface area contributed by atoms with Gasteiger partial charge < -0.3 is 10.6 Å². The first-order valence-corrected chi connectivity index (χ1v) is 5.73. The molecule has 17 heavy (non-hydrogen) atoms. The minimum absolute atomic E-state index is 0.537. The van der Waals surface area contributed by atoms with E-state index >= 15 is 0 Å². The monoisotopic (exact) mass is 247 g/mol. The van der Waals surface area contributed by atoms with Crippen LogP contribution in [0.25, 0.3) is 0 Å². The Bertz CT molecular complexity index is 496. The van der Waals surface area contributed by atoms with E-state index in [0.29, 0.717) is 11.6 Å². The Balaban J connectivity index is 2.29. The molecule has 0 amide bonds. The van der Waals surface area contributed by atoms with Crippen molar-refractivity contribution in [2.75, 3.05) is 11.9 Å². The van der Waals surface area contributed by atoms with Crippen LogP contribution >= 0.6 is 11.6 Å². The Morgan fingerprint density at radius 2 is 2.12 bits per heavy atom. The Morgan fingerprint density at radius 3 is 2.76 bits per heavy atom. The first kappa shape index (κ1) is 11.9. The van der Waals surface area contributed by atoms with E-state index < -0.39 is 0 Å². The Kier molecular flexibility index (Phi) is 3.61. The van der Waals surface area contributed by atoms with E-state index in [1.165, 1.54) is 0 Å². The highest BCUT2D eigenvalue weighted by Gasteiger charge is 2.05. The van der Waals surface area contributed by atoms with Crippen LogP contribution in [0.1, 0.15) is 5.56 Å². The summed E-state index contributed by atoms with van der Waals surface area (Å²) in [6, 6.07) is 11.8. The first-order valence-electron chi connectivity index (χ1n) is 5.35. The second-order valence-corrected chi connectivity index (χ2v) is 4.20. The molecule has 0 fully saturated rings. The molecule has 0 radical (unpaired) electrons. The van der Waals surface area contributed by atoms with Crippen molar-refractivity contribution in [2.45, 2.75) is 6.54 Å². The average molecular weight is 248 g/mol. The van der Waals surface area contributed by atoms with E-state index in [2.05, 4.69) is 11.1 Å². The zero-order chi connectivity index (χ0) is 12.3. The second kappa shape index (κ2) is 5.17. The quantitative estimate of drug-likeness (QED) is 0.907. The molecule has 4 heteroatoms. The number of rotatable bonds is 3. The SMILES string of the molecule is CN(c1cccc(CN)c1)c1ccc(Cl)cn1. The molecule has 2 aromatic rings. The lowest BCUT2D eigenvalue weighted by molar-refractivity contribution is 1.06. The van der Waals surface area contributed by atoms with Gasteiger partial charge in [-0.15, -0.1) is 0 Å². The molecule has 0 aliphatic carbocycles. The highest BCUT2D eigenvalue weighted by Crippen LogP contribution is 2.23. The third kappa shape index (κ3) is 2.75. The van der Waals surface area contributed by atoms with Crippen LogP contribution in [0.15, 0.2) is 42.6 Å². The van der Waals surface area contributed by atoms with Crippen LogP contribution in [0.3, 0.4) is 0 Å². The number of nitrogens with zero attached hydrogens (tertiary/aromatic N) is 2. The normalized spacial score (nSPS) is 10.3. The molecule has 0 unspecified atom stereocenters. The van der Waals surface area contributed by atoms with Crippen LogP contribution in [0.4, 0.5) is 11.5 Å². The van der Waals surface area contributed by atoms with Crippen LogP contribution in [-0.2, 0) is 6.54 Å². The summed E-state index contributed by atoms with van der Waals surface area (Å²) in [6.07, 6.45) is 1.64. The molecule has 0 bridgehead atoms. The zero-order valence-corrected chi connectivity index (χ0v) is 10.4. The van der Waals surface area contributed by atoms with Gasteiger partial charge in [0.05, 0.1) is 5.02 Å². The lowest BCUT2D eigenvalue weighted by Crippen LogP contribution is -2.11. The standard InChI is InChI=1S/C13H14ClN3/c1-17(13-6-5-11(14)9-16-13)12-4-2-3-10(7-12)8-15/h2-7,9H,8,15H2,1H3.